The second-order valence-corrected chi connectivity index (χ2v) is 11.2. The normalized spacial score (nSPS) is 10.9. The number of benzene rings is 6. The number of amides is 2. The molecule has 0 aliphatic rings. The molecule has 6 aromatic rings. The Labute approximate surface area is 281 Å². The lowest BCUT2D eigenvalue weighted by Gasteiger charge is -2.37. The van der Waals surface area contributed by atoms with E-state index in [0.717, 1.165) is 22.3 Å². The summed E-state index contributed by atoms with van der Waals surface area (Å²) in [5.41, 5.74) is 3.92. The van der Waals surface area contributed by atoms with Gasteiger partial charge in [0.1, 0.15) is 0 Å². The summed E-state index contributed by atoms with van der Waals surface area (Å²) < 4.78 is 0. The van der Waals surface area contributed by atoms with Crippen molar-refractivity contribution < 1.29 is 19.4 Å². The molecule has 240 valence electrons. The van der Waals surface area contributed by atoms with E-state index >= 15 is 0 Å². The summed E-state index contributed by atoms with van der Waals surface area (Å²) in [6.45, 7) is 0. The van der Waals surface area contributed by atoms with Crippen molar-refractivity contribution in [1.29, 1.82) is 0 Å². The van der Waals surface area contributed by atoms with Gasteiger partial charge in [-0.2, -0.15) is 0 Å². The van der Waals surface area contributed by atoms with E-state index in [1.807, 2.05) is 84.9 Å². The molecule has 0 bridgehead atoms. The van der Waals surface area contributed by atoms with Crippen LogP contribution in [-0.4, -0.2) is 21.7 Å². The van der Waals surface area contributed by atoms with E-state index < -0.39 is 27.1 Å². The minimum atomic E-state index is -0.826. The van der Waals surface area contributed by atoms with Crippen molar-refractivity contribution in [2.75, 3.05) is 10.6 Å². The molecule has 2 N–H and O–H groups in total. The van der Waals surface area contributed by atoms with Gasteiger partial charge in [-0.15, -0.1) is 0 Å². The van der Waals surface area contributed by atoms with Crippen molar-refractivity contribution in [2.45, 2.75) is 5.41 Å². The number of hydrogen-bond donors (Lipinski definition) is 2. The average Bonchev–Trinajstić information content (AvgIpc) is 3.14. The Balaban J connectivity index is 1.38. The molecule has 10 heteroatoms. The third kappa shape index (κ3) is 6.65. The topological polar surface area (TPSA) is 144 Å². The van der Waals surface area contributed by atoms with Crippen LogP contribution < -0.4 is 10.6 Å². The third-order valence-electron chi connectivity index (χ3n) is 8.20. The van der Waals surface area contributed by atoms with Crippen LogP contribution in [0.15, 0.2) is 158 Å². The van der Waals surface area contributed by atoms with Gasteiger partial charge in [0.25, 0.3) is 23.2 Å². The van der Waals surface area contributed by atoms with Crippen LogP contribution in [0.25, 0.3) is 0 Å². The summed E-state index contributed by atoms with van der Waals surface area (Å²) in [6.07, 6.45) is 0. The summed E-state index contributed by atoms with van der Waals surface area (Å²) in [5, 5.41) is 28.1. The predicted molar refractivity (Wildman–Crippen MR) is 187 cm³/mol. The van der Waals surface area contributed by atoms with Crippen LogP contribution in [0.2, 0.25) is 0 Å². The van der Waals surface area contributed by atoms with Crippen molar-refractivity contribution in [3.05, 3.63) is 211 Å². The molecule has 6 rings (SSSR count). The first-order chi connectivity index (χ1) is 23.8. The molecule has 0 unspecified atom stereocenters. The second kappa shape index (κ2) is 13.8. The molecule has 10 nitrogen and oxygen atoms in total. The first-order valence-corrected chi connectivity index (χ1v) is 15.2. The summed E-state index contributed by atoms with van der Waals surface area (Å²) in [4.78, 5) is 47.3. The molecule has 0 atom stereocenters. The number of anilines is 2. The Morgan fingerprint density at radius 3 is 1.14 bits per heavy atom. The number of rotatable bonds is 10. The molecule has 0 aromatic heterocycles. The van der Waals surface area contributed by atoms with Crippen LogP contribution in [0.3, 0.4) is 0 Å². The van der Waals surface area contributed by atoms with E-state index in [9.17, 15) is 29.8 Å². The van der Waals surface area contributed by atoms with E-state index in [1.165, 1.54) is 48.5 Å². The zero-order chi connectivity index (χ0) is 34.4. The Bertz CT molecular complexity index is 2000. The van der Waals surface area contributed by atoms with E-state index in [-0.39, 0.29) is 22.5 Å². The van der Waals surface area contributed by atoms with Crippen LogP contribution in [0.5, 0.6) is 0 Å². The van der Waals surface area contributed by atoms with Crippen LogP contribution in [0.1, 0.15) is 43.0 Å². The fourth-order valence-electron chi connectivity index (χ4n) is 5.91. The smallest absolute Gasteiger partial charge is 0.270 e. The number of carbonyl (C=O) groups excluding carboxylic acids is 2. The Morgan fingerprint density at radius 1 is 0.449 bits per heavy atom. The Morgan fingerprint density at radius 2 is 0.796 bits per heavy atom. The van der Waals surface area contributed by atoms with Gasteiger partial charge in [-0.3, -0.25) is 29.8 Å². The quantitative estimate of drug-likeness (QED) is 0.0867. The van der Waals surface area contributed by atoms with Crippen LogP contribution in [-0.2, 0) is 5.41 Å². The monoisotopic (exact) mass is 648 g/mol. The zero-order valence-corrected chi connectivity index (χ0v) is 25.9. The van der Waals surface area contributed by atoms with Gasteiger partial charge in [-0.1, -0.05) is 97.1 Å². The highest BCUT2D eigenvalue weighted by molar-refractivity contribution is 6.05. The SMILES string of the molecule is O=C(Nc1ccc(C(c2ccccc2)(c2ccccc2)c2ccc(NC(=O)c3cccc([N+](=O)[O-])c3)cc2)cc1)c1cccc([N+](=O)[O-])c1. The van der Waals surface area contributed by atoms with Gasteiger partial charge in [-0.05, 0) is 58.7 Å². The Kier molecular flexibility index (Phi) is 9.03. The van der Waals surface area contributed by atoms with Crippen LogP contribution in [0.4, 0.5) is 22.7 Å². The molecule has 0 radical (unpaired) electrons. The van der Waals surface area contributed by atoms with Gasteiger partial charge in [-0.25, -0.2) is 0 Å². The van der Waals surface area contributed by atoms with Crippen molar-refractivity contribution >= 4 is 34.6 Å². The molecular weight excluding hydrogens is 620 g/mol. The fraction of sp³-hybridized carbons (Fsp3) is 0.0256. The van der Waals surface area contributed by atoms with E-state index in [2.05, 4.69) is 10.6 Å². The number of carbonyl (C=O) groups is 2. The van der Waals surface area contributed by atoms with Gasteiger partial charge in [0.05, 0.1) is 15.3 Å². The highest BCUT2D eigenvalue weighted by atomic mass is 16.6. The predicted octanol–water partition coefficient (Wildman–Crippen LogP) is 8.39. The first kappa shape index (κ1) is 32.0. The van der Waals surface area contributed by atoms with E-state index in [4.69, 9.17) is 0 Å². The third-order valence-corrected chi connectivity index (χ3v) is 8.20. The van der Waals surface area contributed by atoms with Crippen molar-refractivity contribution in [3.8, 4) is 0 Å². The summed E-state index contributed by atoms with van der Waals surface area (Å²) in [5.74, 6) is -0.951. The maximum Gasteiger partial charge on any atom is 0.270 e. The van der Waals surface area contributed by atoms with Crippen LogP contribution >= 0.6 is 0 Å². The average molecular weight is 649 g/mol. The number of nitro groups is 2. The van der Waals surface area contributed by atoms with E-state index in [0.29, 0.717) is 11.4 Å². The lowest BCUT2D eigenvalue weighted by atomic mass is 9.65. The first-order valence-electron chi connectivity index (χ1n) is 15.2. The zero-order valence-electron chi connectivity index (χ0n) is 25.9. The van der Waals surface area contributed by atoms with Gasteiger partial charge < -0.3 is 10.6 Å². The standard InChI is InChI=1S/C39H28N4O6/c44-37(27-9-7-15-35(25-27)42(46)47)40-33-21-17-31(18-22-33)39(29-11-3-1-4-12-29,30-13-5-2-6-14-30)32-19-23-34(24-20-32)41-38(45)28-10-8-16-36(26-28)43(48)49/h1-26H,(H,40,44)(H,41,45). The minimum absolute atomic E-state index is 0.166. The summed E-state index contributed by atoms with van der Waals surface area (Å²) >= 11 is 0. The number of hydrogen-bond acceptors (Lipinski definition) is 6. The molecule has 0 aliphatic heterocycles. The molecule has 0 spiro atoms. The minimum Gasteiger partial charge on any atom is -0.322 e. The van der Waals surface area contributed by atoms with Crippen molar-refractivity contribution in [1.82, 2.24) is 0 Å². The molecule has 0 fully saturated rings. The number of nitrogens with one attached hydrogen (secondary N) is 2. The number of nitro benzene ring substituents is 2. The van der Waals surface area contributed by atoms with Gasteiger partial charge >= 0.3 is 0 Å². The highest BCUT2D eigenvalue weighted by Crippen LogP contribution is 2.45. The largest absolute Gasteiger partial charge is 0.322 e. The maximum absolute atomic E-state index is 13.0. The number of non-ortho nitro benzene ring substituents is 2. The molecule has 2 amide bonds. The summed E-state index contributed by atoms with van der Waals surface area (Å²) in [6, 6.07) is 45.9. The van der Waals surface area contributed by atoms with Gasteiger partial charge in [0, 0.05) is 46.8 Å². The van der Waals surface area contributed by atoms with Crippen LogP contribution in [0, 0.1) is 20.2 Å². The molecule has 0 saturated heterocycles. The molecule has 49 heavy (non-hydrogen) atoms. The maximum atomic E-state index is 13.0. The second-order valence-electron chi connectivity index (χ2n) is 11.2. The Hall–Kier alpha value is -6.94. The highest BCUT2D eigenvalue weighted by Gasteiger charge is 2.38. The lowest BCUT2D eigenvalue weighted by molar-refractivity contribution is -0.385. The molecule has 0 saturated carbocycles. The molecule has 0 heterocycles. The molecular formula is C39H28N4O6. The van der Waals surface area contributed by atoms with Crippen molar-refractivity contribution in [2.24, 2.45) is 0 Å². The van der Waals surface area contributed by atoms with Gasteiger partial charge in [0.15, 0.2) is 0 Å². The molecule has 0 aliphatic carbocycles. The van der Waals surface area contributed by atoms with E-state index in [1.54, 1.807) is 24.3 Å². The summed E-state index contributed by atoms with van der Waals surface area (Å²) in [7, 11) is 0. The fourth-order valence-corrected chi connectivity index (χ4v) is 5.91. The van der Waals surface area contributed by atoms with Crippen molar-refractivity contribution in [3.63, 3.8) is 0 Å². The molecule has 6 aromatic carbocycles. The van der Waals surface area contributed by atoms with Gasteiger partial charge in [0.2, 0.25) is 0 Å². The number of nitrogens with zero attached hydrogens (tertiary/aromatic N) is 2. The lowest BCUT2D eigenvalue weighted by Crippen LogP contribution is -2.31.